The molecule has 3 aromatic rings. The van der Waals surface area contributed by atoms with Crippen molar-refractivity contribution in [3.63, 3.8) is 0 Å². The maximum atomic E-state index is 13.7. The molecular weight excluding hydrogens is 419 g/mol. The van der Waals surface area contributed by atoms with Crippen LogP contribution in [0.2, 0.25) is 0 Å². The number of hydrogen-bond donors (Lipinski definition) is 2. The monoisotopic (exact) mass is 442 g/mol. The minimum atomic E-state index is -3.97. The van der Waals surface area contributed by atoms with E-state index in [1.807, 2.05) is 32.0 Å². The van der Waals surface area contributed by atoms with Gasteiger partial charge in [0.15, 0.2) is 6.10 Å². The summed E-state index contributed by atoms with van der Waals surface area (Å²) in [5.74, 6) is -0.419. The first-order valence-electron chi connectivity index (χ1n) is 9.58. The number of aryl methyl sites for hydroxylation is 2. The maximum Gasteiger partial charge on any atom is 0.265 e. The molecule has 0 unspecified atom stereocenters. The molecule has 8 heteroatoms. The highest BCUT2D eigenvalue weighted by atomic mass is 32.2. The number of benzene rings is 3. The summed E-state index contributed by atoms with van der Waals surface area (Å²) in [7, 11) is -3.97. The number of rotatable bonds is 7. The van der Waals surface area contributed by atoms with Gasteiger partial charge in [-0.1, -0.05) is 24.3 Å². The number of anilines is 2. The van der Waals surface area contributed by atoms with Gasteiger partial charge in [-0.15, -0.1) is 0 Å². The zero-order valence-corrected chi connectivity index (χ0v) is 18.2. The van der Waals surface area contributed by atoms with Crippen molar-refractivity contribution < 1.29 is 22.3 Å². The van der Waals surface area contributed by atoms with Crippen molar-refractivity contribution in [2.45, 2.75) is 31.8 Å². The molecule has 0 heterocycles. The predicted molar refractivity (Wildman–Crippen MR) is 118 cm³/mol. The fourth-order valence-corrected chi connectivity index (χ4v) is 3.85. The highest BCUT2D eigenvalue weighted by Crippen LogP contribution is 2.22. The smallest absolute Gasteiger partial charge is 0.265 e. The Morgan fingerprint density at radius 1 is 1.00 bits per heavy atom. The van der Waals surface area contributed by atoms with Crippen LogP contribution < -0.4 is 14.8 Å². The first kappa shape index (κ1) is 22.3. The minimum absolute atomic E-state index is 0.0616. The van der Waals surface area contributed by atoms with E-state index < -0.39 is 21.9 Å². The van der Waals surface area contributed by atoms with Gasteiger partial charge < -0.3 is 10.1 Å². The van der Waals surface area contributed by atoms with Crippen molar-refractivity contribution in [2.24, 2.45) is 0 Å². The van der Waals surface area contributed by atoms with Gasteiger partial charge in [0.25, 0.3) is 15.9 Å². The molecule has 0 aliphatic heterocycles. The molecular formula is C23H23FN2O4S. The number of ether oxygens (including phenoxy) is 1. The third-order valence-corrected chi connectivity index (χ3v) is 5.95. The summed E-state index contributed by atoms with van der Waals surface area (Å²) in [5.41, 5.74) is 2.21. The molecule has 162 valence electrons. The summed E-state index contributed by atoms with van der Waals surface area (Å²) in [6.45, 7) is 5.47. The molecule has 0 saturated heterocycles. The fourth-order valence-electron chi connectivity index (χ4n) is 2.79. The molecule has 0 saturated carbocycles. The van der Waals surface area contributed by atoms with Crippen molar-refractivity contribution in [3.05, 3.63) is 83.7 Å². The molecule has 0 aliphatic carbocycles. The second-order valence-corrected chi connectivity index (χ2v) is 8.81. The zero-order chi connectivity index (χ0) is 22.6. The summed E-state index contributed by atoms with van der Waals surface area (Å²) >= 11 is 0. The maximum absolute atomic E-state index is 13.7. The van der Waals surface area contributed by atoms with Crippen LogP contribution in [0.15, 0.2) is 71.6 Å². The summed E-state index contributed by atoms with van der Waals surface area (Å²) in [4.78, 5) is 12.4. The largest absolute Gasteiger partial charge is 0.481 e. The molecule has 3 rings (SSSR count). The number of hydrogen-bond acceptors (Lipinski definition) is 4. The van der Waals surface area contributed by atoms with Crippen LogP contribution in [0.3, 0.4) is 0 Å². The number of sulfonamides is 1. The topological polar surface area (TPSA) is 84.5 Å². The molecule has 0 fully saturated rings. The molecule has 0 bridgehead atoms. The standard InChI is InChI=1S/C23H23FN2O4S/c1-15-8-9-16(2)22(14-15)30-17(3)23(27)25-18-10-12-19(13-11-18)31(28,29)26-21-7-5-4-6-20(21)24/h4-14,17,26H,1-3H3,(H,25,27)/t17-/m0/s1. The third-order valence-electron chi connectivity index (χ3n) is 4.57. The SMILES string of the molecule is Cc1ccc(C)c(O[C@@H](C)C(=O)Nc2ccc(S(=O)(=O)Nc3ccccc3F)cc2)c1. The molecule has 0 aliphatic rings. The highest BCUT2D eigenvalue weighted by Gasteiger charge is 2.18. The average molecular weight is 443 g/mol. The highest BCUT2D eigenvalue weighted by molar-refractivity contribution is 7.92. The summed E-state index contributed by atoms with van der Waals surface area (Å²) in [5, 5.41) is 2.69. The first-order chi connectivity index (χ1) is 14.7. The van der Waals surface area contributed by atoms with Crippen molar-refractivity contribution >= 4 is 27.3 Å². The Hall–Kier alpha value is -3.39. The molecule has 6 nitrogen and oxygen atoms in total. The Labute approximate surface area is 181 Å². The molecule has 0 aromatic heterocycles. The fraction of sp³-hybridized carbons (Fsp3) is 0.174. The molecule has 1 atom stereocenters. The molecule has 2 N–H and O–H groups in total. The number of para-hydroxylation sites is 1. The van der Waals surface area contributed by atoms with E-state index in [1.165, 1.54) is 42.5 Å². The van der Waals surface area contributed by atoms with Crippen LogP contribution >= 0.6 is 0 Å². The van der Waals surface area contributed by atoms with Gasteiger partial charge in [0.2, 0.25) is 0 Å². The Kier molecular flexibility index (Phi) is 6.60. The molecule has 0 radical (unpaired) electrons. The van der Waals surface area contributed by atoms with Crippen LogP contribution in [-0.4, -0.2) is 20.4 Å². The van der Waals surface area contributed by atoms with Crippen LogP contribution in [0, 0.1) is 19.7 Å². The third kappa shape index (κ3) is 5.61. The van der Waals surface area contributed by atoms with E-state index in [4.69, 9.17) is 4.74 Å². The quantitative estimate of drug-likeness (QED) is 0.558. The Bertz CT molecular complexity index is 1190. The van der Waals surface area contributed by atoms with E-state index in [0.29, 0.717) is 11.4 Å². The second-order valence-electron chi connectivity index (χ2n) is 7.13. The van der Waals surface area contributed by atoms with E-state index in [-0.39, 0.29) is 16.5 Å². The molecule has 31 heavy (non-hydrogen) atoms. The summed E-state index contributed by atoms with van der Waals surface area (Å²) in [6, 6.07) is 16.8. The lowest BCUT2D eigenvalue weighted by atomic mass is 10.1. The number of carbonyl (C=O) groups is 1. The molecule has 1 amide bonds. The van der Waals surface area contributed by atoms with Crippen molar-refractivity contribution in [1.82, 2.24) is 0 Å². The van der Waals surface area contributed by atoms with Crippen molar-refractivity contribution in [2.75, 3.05) is 10.0 Å². The van der Waals surface area contributed by atoms with Gasteiger partial charge in [-0.25, -0.2) is 12.8 Å². The van der Waals surface area contributed by atoms with Crippen LogP contribution in [0.5, 0.6) is 5.75 Å². The van der Waals surface area contributed by atoms with Gasteiger partial charge in [0.1, 0.15) is 11.6 Å². The van der Waals surface area contributed by atoms with E-state index in [1.54, 1.807) is 6.92 Å². The predicted octanol–water partition coefficient (Wildman–Crippen LogP) is 4.65. The lowest BCUT2D eigenvalue weighted by Crippen LogP contribution is -2.30. The number of nitrogens with one attached hydrogen (secondary N) is 2. The lowest BCUT2D eigenvalue weighted by molar-refractivity contribution is -0.122. The minimum Gasteiger partial charge on any atom is -0.481 e. The van der Waals surface area contributed by atoms with Gasteiger partial charge >= 0.3 is 0 Å². The second kappa shape index (κ2) is 9.18. The normalized spacial score (nSPS) is 12.1. The van der Waals surface area contributed by atoms with Crippen LogP contribution in [0.1, 0.15) is 18.1 Å². The lowest BCUT2D eigenvalue weighted by Gasteiger charge is -2.17. The van der Waals surface area contributed by atoms with Crippen LogP contribution in [0.4, 0.5) is 15.8 Å². The Balaban J connectivity index is 1.66. The molecule has 0 spiro atoms. The number of halogens is 1. The average Bonchev–Trinajstić information content (AvgIpc) is 2.72. The Morgan fingerprint density at radius 3 is 2.35 bits per heavy atom. The van der Waals surface area contributed by atoms with Gasteiger partial charge in [-0.2, -0.15) is 0 Å². The van der Waals surface area contributed by atoms with E-state index in [0.717, 1.165) is 17.2 Å². The van der Waals surface area contributed by atoms with Gasteiger partial charge in [-0.3, -0.25) is 9.52 Å². The van der Waals surface area contributed by atoms with Crippen molar-refractivity contribution in [1.29, 1.82) is 0 Å². The van der Waals surface area contributed by atoms with Gasteiger partial charge in [0.05, 0.1) is 10.6 Å². The Morgan fingerprint density at radius 2 is 1.68 bits per heavy atom. The number of amides is 1. The summed E-state index contributed by atoms with van der Waals surface area (Å²) in [6.07, 6.45) is -0.758. The van der Waals surface area contributed by atoms with Gasteiger partial charge in [0, 0.05) is 5.69 Å². The van der Waals surface area contributed by atoms with Gasteiger partial charge in [-0.05, 0) is 74.4 Å². The van der Waals surface area contributed by atoms with Crippen LogP contribution in [0.25, 0.3) is 0 Å². The van der Waals surface area contributed by atoms with E-state index in [9.17, 15) is 17.6 Å². The van der Waals surface area contributed by atoms with Crippen LogP contribution in [-0.2, 0) is 14.8 Å². The van der Waals surface area contributed by atoms with E-state index >= 15 is 0 Å². The first-order valence-corrected chi connectivity index (χ1v) is 11.1. The molecule has 3 aromatic carbocycles. The zero-order valence-electron chi connectivity index (χ0n) is 17.3. The van der Waals surface area contributed by atoms with Crippen molar-refractivity contribution in [3.8, 4) is 5.75 Å². The van der Waals surface area contributed by atoms with E-state index in [2.05, 4.69) is 10.0 Å². The number of carbonyl (C=O) groups excluding carboxylic acids is 1. The summed E-state index contributed by atoms with van der Waals surface area (Å²) < 4.78 is 46.7.